The van der Waals surface area contributed by atoms with Crippen molar-refractivity contribution >= 4 is 23.4 Å². The first kappa shape index (κ1) is 11.5. The molecule has 0 saturated heterocycles. The van der Waals surface area contributed by atoms with Crippen LogP contribution in [-0.2, 0) is 5.75 Å². The van der Waals surface area contributed by atoms with Crippen molar-refractivity contribution in [1.82, 2.24) is 4.98 Å². The van der Waals surface area contributed by atoms with Gasteiger partial charge in [-0.25, -0.2) is 0 Å². The Kier molecular flexibility index (Phi) is 3.86. The molecular weight excluding hydrogens is 238 g/mol. The van der Waals surface area contributed by atoms with Crippen LogP contribution in [0.2, 0.25) is 5.02 Å². The number of rotatable bonds is 3. The van der Waals surface area contributed by atoms with Gasteiger partial charge in [-0.15, -0.1) is 11.8 Å². The van der Waals surface area contributed by atoms with Crippen molar-refractivity contribution in [2.75, 3.05) is 0 Å². The Bertz CT molecular complexity index is 471. The fraction of sp³-hybridized carbons (Fsp3) is 0.154. The van der Waals surface area contributed by atoms with Crippen LogP contribution in [0.15, 0.2) is 47.5 Å². The number of aryl methyl sites for hydroxylation is 1. The summed E-state index contributed by atoms with van der Waals surface area (Å²) >= 11 is 7.87. The molecule has 0 fully saturated rings. The molecule has 0 unspecified atom stereocenters. The van der Waals surface area contributed by atoms with Gasteiger partial charge in [-0.3, -0.25) is 4.98 Å². The zero-order valence-electron chi connectivity index (χ0n) is 8.98. The minimum absolute atomic E-state index is 0.820. The van der Waals surface area contributed by atoms with Crippen LogP contribution < -0.4 is 0 Å². The van der Waals surface area contributed by atoms with Crippen LogP contribution in [0.25, 0.3) is 0 Å². The van der Waals surface area contributed by atoms with Crippen molar-refractivity contribution in [3.63, 3.8) is 0 Å². The van der Waals surface area contributed by atoms with Gasteiger partial charge in [0.15, 0.2) is 0 Å². The summed E-state index contributed by atoms with van der Waals surface area (Å²) in [6.07, 6.45) is 1.81. The molecule has 1 aromatic carbocycles. The molecule has 0 atom stereocenters. The highest BCUT2D eigenvalue weighted by Gasteiger charge is 2.02. The Labute approximate surface area is 105 Å². The van der Waals surface area contributed by atoms with Crippen molar-refractivity contribution in [2.45, 2.75) is 17.6 Å². The highest BCUT2D eigenvalue weighted by Crippen LogP contribution is 2.29. The predicted molar refractivity (Wildman–Crippen MR) is 70.0 cm³/mol. The molecule has 82 valence electrons. The highest BCUT2D eigenvalue weighted by atomic mass is 35.5. The number of hydrogen-bond acceptors (Lipinski definition) is 2. The number of hydrogen-bond donors (Lipinski definition) is 0. The number of pyridine rings is 1. The monoisotopic (exact) mass is 249 g/mol. The molecule has 2 rings (SSSR count). The standard InChI is InChI=1S/C13H12ClNS/c1-10-5-6-13(12(14)8-10)16-9-11-4-2-3-7-15-11/h2-8H,9H2,1H3. The van der Waals surface area contributed by atoms with E-state index in [1.165, 1.54) is 5.56 Å². The van der Waals surface area contributed by atoms with Crippen molar-refractivity contribution in [1.29, 1.82) is 0 Å². The van der Waals surface area contributed by atoms with Gasteiger partial charge in [0.05, 0.1) is 10.7 Å². The van der Waals surface area contributed by atoms with E-state index in [0.29, 0.717) is 0 Å². The van der Waals surface area contributed by atoms with Gasteiger partial charge in [-0.05, 0) is 36.8 Å². The molecule has 0 bridgehead atoms. The van der Waals surface area contributed by atoms with Gasteiger partial charge in [-0.2, -0.15) is 0 Å². The average molecular weight is 250 g/mol. The molecule has 2 aromatic rings. The molecule has 0 aliphatic carbocycles. The third-order valence-electron chi connectivity index (χ3n) is 2.19. The molecule has 16 heavy (non-hydrogen) atoms. The maximum absolute atomic E-state index is 6.15. The first-order chi connectivity index (χ1) is 7.75. The summed E-state index contributed by atoms with van der Waals surface area (Å²) in [6.45, 7) is 2.04. The van der Waals surface area contributed by atoms with Gasteiger partial charge in [0.25, 0.3) is 0 Å². The number of benzene rings is 1. The summed E-state index contributed by atoms with van der Waals surface area (Å²) in [5.41, 5.74) is 2.26. The summed E-state index contributed by atoms with van der Waals surface area (Å²) in [5.74, 6) is 0.851. The molecule has 0 spiro atoms. The molecule has 1 aromatic heterocycles. The van der Waals surface area contributed by atoms with E-state index in [1.54, 1.807) is 11.8 Å². The maximum atomic E-state index is 6.15. The summed E-state index contributed by atoms with van der Waals surface area (Å²) in [7, 11) is 0. The minimum Gasteiger partial charge on any atom is -0.260 e. The molecule has 0 amide bonds. The van der Waals surface area contributed by atoms with E-state index in [4.69, 9.17) is 11.6 Å². The van der Waals surface area contributed by atoms with E-state index in [0.717, 1.165) is 21.4 Å². The van der Waals surface area contributed by atoms with E-state index >= 15 is 0 Å². The van der Waals surface area contributed by atoms with E-state index in [9.17, 15) is 0 Å². The lowest BCUT2D eigenvalue weighted by molar-refractivity contribution is 1.17. The lowest BCUT2D eigenvalue weighted by Crippen LogP contribution is -1.85. The largest absolute Gasteiger partial charge is 0.260 e. The minimum atomic E-state index is 0.820. The maximum Gasteiger partial charge on any atom is 0.0544 e. The van der Waals surface area contributed by atoms with Crippen LogP contribution >= 0.6 is 23.4 Å². The number of nitrogens with zero attached hydrogens (tertiary/aromatic N) is 1. The fourth-order valence-corrected chi connectivity index (χ4v) is 2.59. The number of halogens is 1. The second kappa shape index (κ2) is 5.37. The molecule has 0 saturated carbocycles. The van der Waals surface area contributed by atoms with Crippen LogP contribution in [0.3, 0.4) is 0 Å². The second-order valence-corrected chi connectivity index (χ2v) is 4.97. The van der Waals surface area contributed by atoms with E-state index in [1.807, 2.05) is 37.4 Å². The molecular formula is C13H12ClNS. The first-order valence-electron chi connectivity index (χ1n) is 5.04. The normalized spacial score (nSPS) is 10.4. The third kappa shape index (κ3) is 3.00. The van der Waals surface area contributed by atoms with Gasteiger partial charge in [0, 0.05) is 16.8 Å². The van der Waals surface area contributed by atoms with Crippen molar-refractivity contribution in [2.24, 2.45) is 0 Å². The Morgan fingerprint density at radius 2 is 2.12 bits per heavy atom. The zero-order valence-corrected chi connectivity index (χ0v) is 10.6. The smallest absolute Gasteiger partial charge is 0.0544 e. The molecule has 0 radical (unpaired) electrons. The second-order valence-electron chi connectivity index (χ2n) is 3.54. The summed E-state index contributed by atoms with van der Waals surface area (Å²) in [5, 5.41) is 0.820. The van der Waals surface area contributed by atoms with Crippen LogP contribution in [0.5, 0.6) is 0 Å². The molecule has 0 aliphatic rings. The lowest BCUT2D eigenvalue weighted by atomic mass is 10.2. The third-order valence-corrected chi connectivity index (χ3v) is 3.72. The van der Waals surface area contributed by atoms with E-state index in [-0.39, 0.29) is 0 Å². The van der Waals surface area contributed by atoms with Crippen molar-refractivity contribution < 1.29 is 0 Å². The molecule has 1 heterocycles. The van der Waals surface area contributed by atoms with Crippen LogP contribution in [0, 0.1) is 6.92 Å². The Morgan fingerprint density at radius 1 is 1.25 bits per heavy atom. The quantitative estimate of drug-likeness (QED) is 0.751. The summed E-state index contributed by atoms with van der Waals surface area (Å²) < 4.78 is 0. The van der Waals surface area contributed by atoms with E-state index in [2.05, 4.69) is 17.1 Å². The van der Waals surface area contributed by atoms with Crippen LogP contribution in [0.1, 0.15) is 11.3 Å². The Morgan fingerprint density at radius 3 is 2.81 bits per heavy atom. The summed E-state index contributed by atoms with van der Waals surface area (Å²) in [4.78, 5) is 5.39. The van der Waals surface area contributed by atoms with Crippen molar-refractivity contribution in [3.8, 4) is 0 Å². The summed E-state index contributed by atoms with van der Waals surface area (Å²) in [6, 6.07) is 12.1. The highest BCUT2D eigenvalue weighted by molar-refractivity contribution is 7.98. The zero-order chi connectivity index (χ0) is 11.4. The van der Waals surface area contributed by atoms with Gasteiger partial charge in [-0.1, -0.05) is 23.7 Å². The Balaban J connectivity index is 2.05. The number of aromatic nitrogens is 1. The first-order valence-corrected chi connectivity index (χ1v) is 6.41. The van der Waals surface area contributed by atoms with Gasteiger partial charge < -0.3 is 0 Å². The molecule has 0 aliphatic heterocycles. The topological polar surface area (TPSA) is 12.9 Å². The van der Waals surface area contributed by atoms with Crippen LogP contribution in [0.4, 0.5) is 0 Å². The fourth-order valence-electron chi connectivity index (χ4n) is 1.36. The Hall–Kier alpha value is -0.990. The van der Waals surface area contributed by atoms with E-state index < -0.39 is 0 Å². The van der Waals surface area contributed by atoms with Crippen molar-refractivity contribution in [3.05, 3.63) is 58.9 Å². The number of thioether (sulfide) groups is 1. The molecule has 3 heteroatoms. The molecule has 1 nitrogen and oxygen atoms in total. The lowest BCUT2D eigenvalue weighted by Gasteiger charge is -2.04. The average Bonchev–Trinajstić information content (AvgIpc) is 2.29. The van der Waals surface area contributed by atoms with Gasteiger partial charge in [0.2, 0.25) is 0 Å². The van der Waals surface area contributed by atoms with Gasteiger partial charge >= 0.3 is 0 Å². The SMILES string of the molecule is Cc1ccc(SCc2ccccn2)c(Cl)c1. The van der Waals surface area contributed by atoms with Gasteiger partial charge in [0.1, 0.15) is 0 Å². The van der Waals surface area contributed by atoms with Crippen LogP contribution in [-0.4, -0.2) is 4.98 Å². The molecule has 0 N–H and O–H groups in total. The predicted octanol–water partition coefficient (Wildman–Crippen LogP) is 4.34.